The molecular formula is C16H15Br2FO2. The monoisotopic (exact) mass is 416 g/mol. The van der Waals surface area contributed by atoms with Gasteiger partial charge in [0.1, 0.15) is 5.75 Å². The highest BCUT2D eigenvalue weighted by molar-refractivity contribution is 9.10. The zero-order valence-corrected chi connectivity index (χ0v) is 15.1. The SMILES string of the molecule is COc1cc(C(Br)c2cc(Br)c(C)cc2OC)ccc1F. The van der Waals surface area contributed by atoms with Crippen molar-refractivity contribution in [2.45, 2.75) is 11.8 Å². The van der Waals surface area contributed by atoms with Crippen LogP contribution in [0.1, 0.15) is 21.5 Å². The number of halogens is 3. The molecule has 2 aromatic carbocycles. The van der Waals surface area contributed by atoms with Crippen LogP contribution >= 0.6 is 31.9 Å². The second kappa shape index (κ2) is 6.79. The Morgan fingerprint density at radius 2 is 1.71 bits per heavy atom. The molecule has 2 nitrogen and oxygen atoms in total. The van der Waals surface area contributed by atoms with E-state index in [2.05, 4.69) is 31.9 Å². The second-order valence-electron chi connectivity index (χ2n) is 4.60. The third-order valence-corrected chi connectivity index (χ3v) is 5.13. The molecule has 5 heteroatoms. The Bertz CT molecular complexity index is 659. The largest absolute Gasteiger partial charge is 0.496 e. The molecule has 0 amide bonds. The second-order valence-corrected chi connectivity index (χ2v) is 6.37. The highest BCUT2D eigenvalue weighted by atomic mass is 79.9. The number of alkyl halides is 1. The molecular weight excluding hydrogens is 403 g/mol. The summed E-state index contributed by atoms with van der Waals surface area (Å²) in [7, 11) is 3.09. The zero-order valence-electron chi connectivity index (χ0n) is 11.9. The van der Waals surface area contributed by atoms with Crippen molar-refractivity contribution in [2.24, 2.45) is 0 Å². The van der Waals surface area contributed by atoms with Crippen molar-refractivity contribution in [1.82, 2.24) is 0 Å². The minimum Gasteiger partial charge on any atom is -0.496 e. The molecule has 0 radical (unpaired) electrons. The molecule has 0 saturated carbocycles. The van der Waals surface area contributed by atoms with Crippen LogP contribution in [0.5, 0.6) is 11.5 Å². The van der Waals surface area contributed by atoms with Gasteiger partial charge in [-0.15, -0.1) is 0 Å². The van der Waals surface area contributed by atoms with Crippen LogP contribution in [0.2, 0.25) is 0 Å². The molecule has 2 aromatic rings. The van der Waals surface area contributed by atoms with Crippen molar-refractivity contribution in [3.8, 4) is 11.5 Å². The predicted molar refractivity (Wildman–Crippen MR) is 89.2 cm³/mol. The Labute approximate surface area is 140 Å². The summed E-state index contributed by atoms with van der Waals surface area (Å²) >= 11 is 7.18. The van der Waals surface area contributed by atoms with Gasteiger partial charge in [0.05, 0.1) is 19.0 Å². The quantitative estimate of drug-likeness (QED) is 0.620. The average molecular weight is 418 g/mol. The van der Waals surface area contributed by atoms with E-state index in [0.717, 1.165) is 26.9 Å². The van der Waals surface area contributed by atoms with Crippen LogP contribution in [0.25, 0.3) is 0 Å². The van der Waals surface area contributed by atoms with Gasteiger partial charge < -0.3 is 9.47 Å². The van der Waals surface area contributed by atoms with Crippen LogP contribution < -0.4 is 9.47 Å². The van der Waals surface area contributed by atoms with Gasteiger partial charge in [0, 0.05) is 10.0 Å². The van der Waals surface area contributed by atoms with Crippen molar-refractivity contribution in [3.05, 3.63) is 57.3 Å². The van der Waals surface area contributed by atoms with Gasteiger partial charge in [-0.3, -0.25) is 0 Å². The fraction of sp³-hybridized carbons (Fsp3) is 0.250. The van der Waals surface area contributed by atoms with Crippen LogP contribution in [0.3, 0.4) is 0 Å². The van der Waals surface area contributed by atoms with Crippen molar-refractivity contribution < 1.29 is 13.9 Å². The molecule has 0 aliphatic heterocycles. The molecule has 0 N–H and O–H groups in total. The zero-order chi connectivity index (χ0) is 15.6. The maximum atomic E-state index is 13.5. The maximum absolute atomic E-state index is 13.5. The van der Waals surface area contributed by atoms with E-state index in [1.165, 1.54) is 13.2 Å². The molecule has 112 valence electrons. The summed E-state index contributed by atoms with van der Waals surface area (Å²) in [5.74, 6) is 0.626. The number of rotatable bonds is 4. The number of benzene rings is 2. The molecule has 2 rings (SSSR count). The normalized spacial score (nSPS) is 12.1. The molecule has 0 heterocycles. The first kappa shape index (κ1) is 16.3. The summed E-state index contributed by atoms with van der Waals surface area (Å²) in [5.41, 5.74) is 2.94. The summed E-state index contributed by atoms with van der Waals surface area (Å²) < 4.78 is 25.0. The van der Waals surface area contributed by atoms with Gasteiger partial charge in [-0.2, -0.15) is 0 Å². The molecule has 0 bridgehead atoms. The lowest BCUT2D eigenvalue weighted by Gasteiger charge is -2.17. The Morgan fingerprint density at radius 3 is 2.33 bits per heavy atom. The lowest BCUT2D eigenvalue weighted by Crippen LogP contribution is -1.99. The van der Waals surface area contributed by atoms with E-state index in [1.54, 1.807) is 19.2 Å². The summed E-state index contributed by atoms with van der Waals surface area (Å²) in [5, 5.41) is 0. The Hall–Kier alpha value is -1.07. The highest BCUT2D eigenvalue weighted by Gasteiger charge is 2.18. The number of hydrogen-bond acceptors (Lipinski definition) is 2. The summed E-state index contributed by atoms with van der Waals surface area (Å²) in [6.07, 6.45) is 0. The van der Waals surface area contributed by atoms with Crippen LogP contribution in [0.15, 0.2) is 34.8 Å². The summed E-state index contributed by atoms with van der Waals surface area (Å²) in [6, 6.07) is 8.78. The molecule has 0 saturated heterocycles. The van der Waals surface area contributed by atoms with Crippen LogP contribution in [0.4, 0.5) is 4.39 Å². The minimum absolute atomic E-state index is 0.126. The van der Waals surface area contributed by atoms with Crippen molar-refractivity contribution in [2.75, 3.05) is 14.2 Å². The first-order valence-corrected chi connectivity index (χ1v) is 8.00. The van der Waals surface area contributed by atoms with Gasteiger partial charge in [0.15, 0.2) is 11.6 Å². The maximum Gasteiger partial charge on any atom is 0.165 e. The van der Waals surface area contributed by atoms with Gasteiger partial charge >= 0.3 is 0 Å². The fourth-order valence-corrected chi connectivity index (χ4v) is 3.06. The summed E-state index contributed by atoms with van der Waals surface area (Å²) in [4.78, 5) is -0.126. The van der Waals surface area contributed by atoms with E-state index in [-0.39, 0.29) is 16.4 Å². The van der Waals surface area contributed by atoms with E-state index in [0.29, 0.717) is 0 Å². The van der Waals surface area contributed by atoms with Crippen molar-refractivity contribution in [3.63, 3.8) is 0 Å². The Morgan fingerprint density at radius 1 is 1.05 bits per heavy atom. The van der Waals surface area contributed by atoms with E-state index in [9.17, 15) is 4.39 Å². The molecule has 1 atom stereocenters. The van der Waals surface area contributed by atoms with Gasteiger partial charge in [0.25, 0.3) is 0 Å². The Balaban J connectivity index is 2.49. The van der Waals surface area contributed by atoms with Crippen LogP contribution in [-0.4, -0.2) is 14.2 Å². The first-order valence-electron chi connectivity index (χ1n) is 6.29. The smallest absolute Gasteiger partial charge is 0.165 e. The van der Waals surface area contributed by atoms with E-state index >= 15 is 0 Å². The third-order valence-electron chi connectivity index (χ3n) is 3.25. The molecule has 0 spiro atoms. The predicted octanol–water partition coefficient (Wildman–Crippen LogP) is 5.40. The highest BCUT2D eigenvalue weighted by Crippen LogP contribution is 2.40. The van der Waals surface area contributed by atoms with Gasteiger partial charge in [-0.25, -0.2) is 4.39 Å². The Kier molecular flexibility index (Phi) is 5.27. The number of aryl methyl sites for hydroxylation is 1. The average Bonchev–Trinajstić information content (AvgIpc) is 2.49. The van der Waals surface area contributed by atoms with Gasteiger partial charge in [-0.05, 0) is 42.3 Å². The van der Waals surface area contributed by atoms with E-state index in [1.807, 2.05) is 19.1 Å². The molecule has 0 fully saturated rings. The molecule has 0 aromatic heterocycles. The summed E-state index contributed by atoms with van der Waals surface area (Å²) in [6.45, 7) is 2.00. The first-order chi connectivity index (χ1) is 9.97. The fourth-order valence-electron chi connectivity index (χ4n) is 2.06. The molecule has 21 heavy (non-hydrogen) atoms. The van der Waals surface area contributed by atoms with E-state index in [4.69, 9.17) is 9.47 Å². The van der Waals surface area contributed by atoms with Crippen LogP contribution in [0, 0.1) is 12.7 Å². The topological polar surface area (TPSA) is 18.5 Å². The molecule has 0 aliphatic carbocycles. The lowest BCUT2D eigenvalue weighted by molar-refractivity contribution is 0.386. The lowest BCUT2D eigenvalue weighted by atomic mass is 10.0. The minimum atomic E-state index is -0.377. The third kappa shape index (κ3) is 3.40. The number of methoxy groups -OCH3 is 2. The van der Waals surface area contributed by atoms with Crippen molar-refractivity contribution >= 4 is 31.9 Å². The van der Waals surface area contributed by atoms with E-state index < -0.39 is 0 Å². The number of hydrogen-bond donors (Lipinski definition) is 0. The standard InChI is InChI=1S/C16H15Br2FO2/c1-9-6-14(20-2)11(8-12(9)17)16(18)10-4-5-13(19)15(7-10)21-3/h4-8,16H,1-3H3. The number of ether oxygens (including phenoxy) is 2. The molecule has 1 unspecified atom stereocenters. The van der Waals surface area contributed by atoms with Gasteiger partial charge in [-0.1, -0.05) is 37.9 Å². The molecule has 0 aliphatic rings. The van der Waals surface area contributed by atoms with Crippen molar-refractivity contribution in [1.29, 1.82) is 0 Å². The van der Waals surface area contributed by atoms with Crippen LogP contribution in [-0.2, 0) is 0 Å². The van der Waals surface area contributed by atoms with Gasteiger partial charge in [0.2, 0.25) is 0 Å².